The summed E-state index contributed by atoms with van der Waals surface area (Å²) in [6, 6.07) is 5.75. The van der Waals surface area contributed by atoms with Crippen LogP contribution in [0.3, 0.4) is 0 Å². The molecule has 0 unspecified atom stereocenters. The van der Waals surface area contributed by atoms with Crippen LogP contribution in [-0.4, -0.2) is 27.8 Å². The summed E-state index contributed by atoms with van der Waals surface area (Å²) in [6.45, 7) is 4.34. The predicted molar refractivity (Wildman–Crippen MR) is 93.7 cm³/mol. The smallest absolute Gasteiger partial charge is 0.346 e. The number of anilines is 1. The molecule has 7 nitrogen and oxygen atoms in total. The van der Waals surface area contributed by atoms with Crippen LogP contribution in [0.25, 0.3) is 10.2 Å². The number of rotatable bonds is 4. The van der Waals surface area contributed by atoms with Gasteiger partial charge in [0.15, 0.2) is 11.5 Å². The second-order valence-corrected chi connectivity index (χ2v) is 6.70. The molecule has 0 amide bonds. The second-order valence-electron chi connectivity index (χ2n) is 5.70. The lowest BCUT2D eigenvalue weighted by Gasteiger charge is -2.09. The first-order chi connectivity index (χ1) is 12.0. The van der Waals surface area contributed by atoms with Gasteiger partial charge in [0.25, 0.3) is 0 Å². The molecule has 3 aromatic rings. The molecule has 2 aromatic heterocycles. The lowest BCUT2D eigenvalue weighted by molar-refractivity contribution is 0.0701. The van der Waals surface area contributed by atoms with Gasteiger partial charge < -0.3 is 19.9 Å². The van der Waals surface area contributed by atoms with E-state index in [4.69, 9.17) is 9.47 Å². The molecule has 4 rings (SSSR count). The molecule has 0 atom stereocenters. The fourth-order valence-electron chi connectivity index (χ4n) is 2.81. The molecular weight excluding hydrogens is 342 g/mol. The molecule has 0 aliphatic carbocycles. The van der Waals surface area contributed by atoms with E-state index in [9.17, 15) is 9.90 Å². The Hall–Kier alpha value is -2.87. The number of carboxylic acid groups (broad SMARTS) is 1. The summed E-state index contributed by atoms with van der Waals surface area (Å²) >= 11 is 1.17. The van der Waals surface area contributed by atoms with Crippen LogP contribution < -0.4 is 14.8 Å². The minimum atomic E-state index is -0.945. The van der Waals surface area contributed by atoms with Gasteiger partial charge in [-0.15, -0.1) is 11.3 Å². The monoisotopic (exact) mass is 357 g/mol. The standard InChI is InChI=1S/C17H15N3O4S/c1-8-13-15(19-9(2)20-16(13)25-14(8)17(21)22)18-6-10-3-4-11-12(5-10)24-7-23-11/h3-5H,6-7H2,1-2H3,(H,21,22)(H,18,19,20). The first kappa shape index (κ1) is 15.6. The van der Waals surface area contributed by atoms with Gasteiger partial charge in [0, 0.05) is 6.54 Å². The highest BCUT2D eigenvalue weighted by atomic mass is 32.1. The fraction of sp³-hybridized carbons (Fsp3) is 0.235. The van der Waals surface area contributed by atoms with E-state index < -0.39 is 5.97 Å². The maximum Gasteiger partial charge on any atom is 0.346 e. The Morgan fingerprint density at radius 3 is 2.88 bits per heavy atom. The number of nitrogens with one attached hydrogen (secondary N) is 1. The van der Waals surface area contributed by atoms with Crippen LogP contribution in [0.5, 0.6) is 11.5 Å². The quantitative estimate of drug-likeness (QED) is 0.739. The molecule has 3 heterocycles. The van der Waals surface area contributed by atoms with Crippen molar-refractivity contribution in [3.63, 3.8) is 0 Å². The van der Waals surface area contributed by atoms with E-state index in [0.29, 0.717) is 33.5 Å². The van der Waals surface area contributed by atoms with E-state index in [1.165, 1.54) is 11.3 Å². The van der Waals surface area contributed by atoms with E-state index in [-0.39, 0.29) is 6.79 Å². The second kappa shape index (κ2) is 5.89. The summed E-state index contributed by atoms with van der Waals surface area (Å²) in [4.78, 5) is 21.2. The molecule has 1 aliphatic rings. The number of aryl methyl sites for hydroxylation is 2. The summed E-state index contributed by atoms with van der Waals surface area (Å²) in [5.41, 5.74) is 1.70. The number of benzene rings is 1. The summed E-state index contributed by atoms with van der Waals surface area (Å²) in [5, 5.41) is 13.4. The van der Waals surface area contributed by atoms with Crippen molar-refractivity contribution in [2.45, 2.75) is 20.4 Å². The average Bonchev–Trinajstić information content (AvgIpc) is 3.16. The molecule has 128 valence electrons. The fourth-order valence-corrected chi connectivity index (χ4v) is 3.88. The largest absolute Gasteiger partial charge is 0.477 e. The molecule has 0 fully saturated rings. The highest BCUT2D eigenvalue weighted by Crippen LogP contribution is 2.35. The van der Waals surface area contributed by atoms with E-state index in [1.54, 1.807) is 13.8 Å². The maximum atomic E-state index is 11.4. The topological polar surface area (TPSA) is 93.6 Å². The number of fused-ring (bicyclic) bond motifs is 2. The van der Waals surface area contributed by atoms with Crippen molar-refractivity contribution >= 4 is 33.3 Å². The Labute approximate surface area is 147 Å². The third-order valence-corrected chi connectivity index (χ3v) is 5.17. The zero-order valence-electron chi connectivity index (χ0n) is 13.6. The first-order valence-electron chi connectivity index (χ1n) is 7.66. The number of nitrogens with zero attached hydrogens (tertiary/aromatic N) is 2. The molecule has 0 spiro atoms. The van der Waals surface area contributed by atoms with E-state index >= 15 is 0 Å². The number of carboxylic acids is 1. The molecule has 8 heteroatoms. The predicted octanol–water partition coefficient (Wildman–Crippen LogP) is 3.35. The Morgan fingerprint density at radius 1 is 1.28 bits per heavy atom. The van der Waals surface area contributed by atoms with E-state index in [0.717, 1.165) is 22.4 Å². The number of hydrogen-bond acceptors (Lipinski definition) is 7. The SMILES string of the molecule is Cc1nc(NCc2ccc3c(c2)OCO3)c2c(C)c(C(=O)O)sc2n1. The van der Waals surface area contributed by atoms with Gasteiger partial charge in [-0.1, -0.05) is 6.07 Å². The molecular formula is C17H15N3O4S. The minimum Gasteiger partial charge on any atom is -0.477 e. The number of thiophene rings is 1. The Balaban J connectivity index is 1.68. The number of ether oxygens (including phenoxy) is 2. The van der Waals surface area contributed by atoms with Crippen LogP contribution in [0.1, 0.15) is 26.6 Å². The number of aromatic nitrogens is 2. The minimum absolute atomic E-state index is 0.240. The van der Waals surface area contributed by atoms with Crippen molar-refractivity contribution in [1.29, 1.82) is 0 Å². The molecule has 0 saturated carbocycles. The van der Waals surface area contributed by atoms with Gasteiger partial charge in [0.1, 0.15) is 21.3 Å². The lowest BCUT2D eigenvalue weighted by atomic mass is 10.1. The van der Waals surface area contributed by atoms with Gasteiger partial charge in [-0.05, 0) is 37.1 Å². The van der Waals surface area contributed by atoms with Crippen molar-refractivity contribution in [2.75, 3.05) is 12.1 Å². The number of carbonyl (C=O) groups is 1. The summed E-state index contributed by atoms with van der Waals surface area (Å²) in [5.74, 6) is 1.76. The van der Waals surface area contributed by atoms with Gasteiger partial charge in [0.05, 0.1) is 5.39 Å². The van der Waals surface area contributed by atoms with E-state index in [2.05, 4.69) is 15.3 Å². The molecule has 0 radical (unpaired) electrons. The van der Waals surface area contributed by atoms with Gasteiger partial charge in [0.2, 0.25) is 6.79 Å². The summed E-state index contributed by atoms with van der Waals surface area (Å²) in [6.07, 6.45) is 0. The van der Waals surface area contributed by atoms with Crippen molar-refractivity contribution in [1.82, 2.24) is 9.97 Å². The van der Waals surface area contributed by atoms with Crippen LogP contribution in [0.4, 0.5) is 5.82 Å². The zero-order chi connectivity index (χ0) is 17.6. The zero-order valence-corrected chi connectivity index (χ0v) is 14.4. The van der Waals surface area contributed by atoms with Crippen molar-refractivity contribution in [3.05, 3.63) is 40.0 Å². The van der Waals surface area contributed by atoms with E-state index in [1.807, 2.05) is 18.2 Å². The third kappa shape index (κ3) is 2.74. The van der Waals surface area contributed by atoms with Crippen molar-refractivity contribution < 1.29 is 19.4 Å². The van der Waals surface area contributed by atoms with Crippen molar-refractivity contribution in [3.8, 4) is 11.5 Å². The van der Waals surface area contributed by atoms with Gasteiger partial charge in [-0.2, -0.15) is 0 Å². The molecule has 1 aliphatic heterocycles. The van der Waals surface area contributed by atoms with Gasteiger partial charge in [-0.3, -0.25) is 0 Å². The maximum absolute atomic E-state index is 11.4. The van der Waals surface area contributed by atoms with Crippen LogP contribution >= 0.6 is 11.3 Å². The van der Waals surface area contributed by atoms with Crippen LogP contribution in [-0.2, 0) is 6.54 Å². The van der Waals surface area contributed by atoms with Gasteiger partial charge in [-0.25, -0.2) is 14.8 Å². The van der Waals surface area contributed by atoms with Crippen LogP contribution in [0.2, 0.25) is 0 Å². The Kier molecular flexibility index (Phi) is 3.69. The van der Waals surface area contributed by atoms with Crippen LogP contribution in [0, 0.1) is 13.8 Å². The highest BCUT2D eigenvalue weighted by Gasteiger charge is 2.19. The number of hydrogen-bond donors (Lipinski definition) is 2. The molecule has 1 aromatic carbocycles. The molecule has 2 N–H and O–H groups in total. The normalized spacial score (nSPS) is 12.6. The molecule has 25 heavy (non-hydrogen) atoms. The summed E-state index contributed by atoms with van der Waals surface area (Å²) < 4.78 is 10.7. The summed E-state index contributed by atoms with van der Waals surface area (Å²) in [7, 11) is 0. The lowest BCUT2D eigenvalue weighted by Crippen LogP contribution is -2.04. The number of aromatic carboxylic acids is 1. The van der Waals surface area contributed by atoms with Crippen LogP contribution in [0.15, 0.2) is 18.2 Å². The average molecular weight is 357 g/mol. The van der Waals surface area contributed by atoms with Crippen molar-refractivity contribution in [2.24, 2.45) is 0 Å². The molecule has 0 bridgehead atoms. The molecule has 0 saturated heterocycles. The van der Waals surface area contributed by atoms with Gasteiger partial charge >= 0.3 is 5.97 Å². The third-order valence-electron chi connectivity index (χ3n) is 3.99. The Bertz CT molecular complexity index is 999. The highest BCUT2D eigenvalue weighted by molar-refractivity contribution is 7.20. The Morgan fingerprint density at radius 2 is 2.08 bits per heavy atom. The first-order valence-corrected chi connectivity index (χ1v) is 8.48.